The monoisotopic (exact) mass is 274 g/mol. The van der Waals surface area contributed by atoms with Crippen LogP contribution in [0.4, 0.5) is 0 Å². The van der Waals surface area contributed by atoms with Crippen molar-refractivity contribution in [1.82, 2.24) is 9.47 Å². The Hall–Kier alpha value is -1.81. The molecule has 2 aromatic heterocycles. The van der Waals surface area contributed by atoms with Crippen molar-refractivity contribution in [3.8, 4) is 0 Å². The van der Waals surface area contributed by atoms with Gasteiger partial charge in [-0.15, -0.1) is 17.9 Å². The Morgan fingerprint density at radius 2 is 2.32 bits per heavy atom. The molecule has 0 spiro atoms. The normalized spacial score (nSPS) is 10.4. The predicted molar refractivity (Wildman–Crippen MR) is 79.1 cm³/mol. The quantitative estimate of drug-likeness (QED) is 0.744. The van der Waals surface area contributed by atoms with Gasteiger partial charge < -0.3 is 9.47 Å². The van der Waals surface area contributed by atoms with Crippen LogP contribution in [0, 0.1) is 0 Å². The molecule has 0 saturated carbocycles. The second-order valence-corrected chi connectivity index (χ2v) is 5.46. The van der Waals surface area contributed by atoms with E-state index in [4.69, 9.17) is 0 Å². The molecule has 0 aliphatic carbocycles. The predicted octanol–water partition coefficient (Wildman–Crippen LogP) is 2.84. The molecule has 0 fully saturated rings. The lowest BCUT2D eigenvalue weighted by Crippen LogP contribution is -2.32. The molecule has 3 nitrogen and oxygen atoms in total. The lowest BCUT2D eigenvalue weighted by molar-refractivity contribution is -0.130. The van der Waals surface area contributed by atoms with Gasteiger partial charge in [0.15, 0.2) is 0 Å². The number of amides is 1. The third kappa shape index (κ3) is 3.58. The van der Waals surface area contributed by atoms with Crippen molar-refractivity contribution in [2.75, 3.05) is 6.54 Å². The molecule has 0 aliphatic rings. The summed E-state index contributed by atoms with van der Waals surface area (Å²) >= 11 is 1.62. The highest BCUT2D eigenvalue weighted by Crippen LogP contribution is 2.12. The number of nitrogens with zero attached hydrogens (tertiary/aromatic N) is 2. The molecule has 100 valence electrons. The molecule has 2 heterocycles. The van der Waals surface area contributed by atoms with Gasteiger partial charge in [-0.25, -0.2) is 0 Å². The van der Waals surface area contributed by atoms with E-state index >= 15 is 0 Å². The Morgan fingerprint density at radius 1 is 1.47 bits per heavy atom. The molecule has 4 heteroatoms. The van der Waals surface area contributed by atoms with Crippen LogP contribution >= 0.6 is 11.3 Å². The molecule has 0 radical (unpaired) electrons. The summed E-state index contributed by atoms with van der Waals surface area (Å²) in [6.07, 6.45) is 4.23. The van der Waals surface area contributed by atoms with Gasteiger partial charge in [0.1, 0.15) is 0 Å². The number of carbonyl (C=O) groups is 1. The van der Waals surface area contributed by atoms with E-state index in [-0.39, 0.29) is 5.91 Å². The van der Waals surface area contributed by atoms with E-state index in [0.29, 0.717) is 19.5 Å². The maximum atomic E-state index is 12.3. The van der Waals surface area contributed by atoms with Crippen LogP contribution in [0.1, 0.15) is 10.6 Å². The molecule has 0 atom stereocenters. The molecular formula is C15H18N2OS. The summed E-state index contributed by atoms with van der Waals surface area (Å²) < 4.78 is 2.04. The lowest BCUT2D eigenvalue weighted by Gasteiger charge is -2.21. The Bertz CT molecular complexity index is 542. The third-order valence-electron chi connectivity index (χ3n) is 3.01. The van der Waals surface area contributed by atoms with Gasteiger partial charge >= 0.3 is 0 Å². The van der Waals surface area contributed by atoms with E-state index in [1.54, 1.807) is 17.4 Å². The minimum absolute atomic E-state index is 0.142. The number of carbonyl (C=O) groups excluding carboxylic acids is 1. The molecule has 0 aliphatic heterocycles. The summed E-state index contributed by atoms with van der Waals surface area (Å²) in [5.74, 6) is 0.142. The van der Waals surface area contributed by atoms with E-state index in [2.05, 4.69) is 6.58 Å². The molecule has 0 saturated heterocycles. The number of aryl methyl sites for hydroxylation is 1. The van der Waals surface area contributed by atoms with Crippen LogP contribution in [0.5, 0.6) is 0 Å². The maximum Gasteiger partial charge on any atom is 0.228 e. The van der Waals surface area contributed by atoms with Crippen molar-refractivity contribution >= 4 is 17.2 Å². The van der Waals surface area contributed by atoms with E-state index in [9.17, 15) is 4.79 Å². The summed E-state index contributed by atoms with van der Waals surface area (Å²) in [4.78, 5) is 15.3. The number of hydrogen-bond acceptors (Lipinski definition) is 2. The molecule has 0 N–H and O–H groups in total. The Morgan fingerprint density at radius 3 is 2.89 bits per heavy atom. The average molecular weight is 274 g/mol. The van der Waals surface area contributed by atoms with Crippen molar-refractivity contribution < 1.29 is 4.79 Å². The van der Waals surface area contributed by atoms with Crippen molar-refractivity contribution in [2.45, 2.75) is 13.0 Å². The first-order valence-electron chi connectivity index (χ1n) is 6.22. The topological polar surface area (TPSA) is 25.2 Å². The van der Waals surface area contributed by atoms with Gasteiger partial charge in [-0.2, -0.15) is 0 Å². The number of aromatic nitrogens is 1. The van der Waals surface area contributed by atoms with Crippen LogP contribution in [0.3, 0.4) is 0 Å². The highest BCUT2D eigenvalue weighted by Gasteiger charge is 2.14. The van der Waals surface area contributed by atoms with Gasteiger partial charge in [0, 0.05) is 30.4 Å². The second-order valence-electron chi connectivity index (χ2n) is 4.43. The molecule has 0 aromatic carbocycles. The molecular weight excluding hydrogens is 256 g/mol. The first kappa shape index (κ1) is 13.6. The van der Waals surface area contributed by atoms with Crippen LogP contribution < -0.4 is 0 Å². The Labute approximate surface area is 117 Å². The highest BCUT2D eigenvalue weighted by atomic mass is 32.1. The van der Waals surface area contributed by atoms with Crippen LogP contribution in [-0.4, -0.2) is 21.9 Å². The Kier molecular flexibility index (Phi) is 4.58. The van der Waals surface area contributed by atoms with Crippen molar-refractivity contribution in [3.05, 3.63) is 59.1 Å². The third-order valence-corrected chi connectivity index (χ3v) is 3.89. The molecule has 19 heavy (non-hydrogen) atoms. The van der Waals surface area contributed by atoms with E-state index in [1.807, 2.05) is 52.4 Å². The average Bonchev–Trinajstić information content (AvgIpc) is 3.01. The fourth-order valence-electron chi connectivity index (χ4n) is 1.94. The summed E-state index contributed by atoms with van der Waals surface area (Å²) in [5.41, 5.74) is 1.13. The standard InChI is InChI=1S/C15H18N2OS/c1-3-8-17(12-13-6-4-9-16(13)2)15(18)11-14-7-5-10-19-14/h3-7,9-10H,1,8,11-12H2,2H3. The number of rotatable bonds is 6. The van der Waals surface area contributed by atoms with Gasteiger partial charge in [0.25, 0.3) is 0 Å². The van der Waals surface area contributed by atoms with Crippen molar-refractivity contribution in [1.29, 1.82) is 0 Å². The SMILES string of the molecule is C=CCN(Cc1cccn1C)C(=O)Cc1cccs1. The van der Waals surface area contributed by atoms with Gasteiger partial charge in [0.05, 0.1) is 13.0 Å². The van der Waals surface area contributed by atoms with Gasteiger partial charge in [-0.05, 0) is 23.6 Å². The maximum absolute atomic E-state index is 12.3. The van der Waals surface area contributed by atoms with Crippen molar-refractivity contribution in [3.63, 3.8) is 0 Å². The van der Waals surface area contributed by atoms with Gasteiger partial charge in [-0.1, -0.05) is 12.1 Å². The van der Waals surface area contributed by atoms with Crippen LogP contribution in [-0.2, 0) is 24.8 Å². The van der Waals surface area contributed by atoms with Crippen LogP contribution in [0.2, 0.25) is 0 Å². The summed E-state index contributed by atoms with van der Waals surface area (Å²) in [7, 11) is 1.99. The first-order chi connectivity index (χ1) is 9.20. The van der Waals surface area contributed by atoms with E-state index < -0.39 is 0 Å². The fourth-order valence-corrected chi connectivity index (χ4v) is 2.64. The lowest BCUT2D eigenvalue weighted by atomic mass is 10.3. The molecule has 1 amide bonds. The summed E-state index contributed by atoms with van der Waals surface area (Å²) in [5, 5.41) is 2.00. The number of thiophene rings is 1. The van der Waals surface area contributed by atoms with Gasteiger partial charge in [0.2, 0.25) is 5.91 Å². The summed E-state index contributed by atoms with van der Waals surface area (Å²) in [6, 6.07) is 8.00. The molecule has 0 bridgehead atoms. The molecule has 2 rings (SSSR count). The second kappa shape index (κ2) is 6.38. The van der Waals surface area contributed by atoms with Crippen LogP contribution in [0.15, 0.2) is 48.5 Å². The molecule has 2 aromatic rings. The van der Waals surface area contributed by atoms with Crippen molar-refractivity contribution in [2.24, 2.45) is 7.05 Å². The van der Waals surface area contributed by atoms with Gasteiger partial charge in [-0.3, -0.25) is 4.79 Å². The molecule has 0 unspecified atom stereocenters. The minimum atomic E-state index is 0.142. The fraction of sp³-hybridized carbons (Fsp3) is 0.267. The smallest absolute Gasteiger partial charge is 0.228 e. The zero-order valence-corrected chi connectivity index (χ0v) is 11.9. The largest absolute Gasteiger partial charge is 0.353 e. The minimum Gasteiger partial charge on any atom is -0.353 e. The van der Waals surface area contributed by atoms with E-state index in [0.717, 1.165) is 10.6 Å². The van der Waals surface area contributed by atoms with Crippen LogP contribution in [0.25, 0.3) is 0 Å². The Balaban J connectivity index is 2.04. The van der Waals surface area contributed by atoms with E-state index in [1.165, 1.54) is 0 Å². The zero-order chi connectivity index (χ0) is 13.7. The number of hydrogen-bond donors (Lipinski definition) is 0. The first-order valence-corrected chi connectivity index (χ1v) is 7.10. The zero-order valence-electron chi connectivity index (χ0n) is 11.1. The summed E-state index contributed by atoms with van der Waals surface area (Å²) in [6.45, 7) is 4.94. The highest BCUT2D eigenvalue weighted by molar-refractivity contribution is 7.10.